The molecule has 0 fully saturated rings. The van der Waals surface area contributed by atoms with Crippen LogP contribution in [-0.2, 0) is 4.79 Å². The van der Waals surface area contributed by atoms with E-state index in [1.165, 1.54) is 0 Å². The molecule has 7 heteroatoms. The molecule has 1 N–H and O–H groups in total. The van der Waals surface area contributed by atoms with E-state index in [9.17, 15) is 4.79 Å². The number of halogens is 2. The number of carbonyl (C=O) groups excluding carboxylic acids is 1. The van der Waals surface area contributed by atoms with E-state index in [0.29, 0.717) is 15.8 Å². The standard InChI is InChI=1S/C23H18Cl2N2O2S/c1-13-7-8-15(23-27-18-5-3-4-6-21(18)30-23)11-19(13)26-22(28)14(2)29-20-10-9-16(24)12-17(20)25/h3-12,14H,1-2H3,(H,26,28). The number of nitrogens with one attached hydrogen (secondary N) is 1. The van der Waals surface area contributed by atoms with Crippen molar-refractivity contribution in [1.29, 1.82) is 0 Å². The Hall–Kier alpha value is -2.60. The highest BCUT2D eigenvalue weighted by Crippen LogP contribution is 2.33. The van der Waals surface area contributed by atoms with Crippen LogP contribution in [0.5, 0.6) is 5.75 Å². The number of hydrogen-bond donors (Lipinski definition) is 1. The summed E-state index contributed by atoms with van der Waals surface area (Å²) < 4.78 is 6.84. The molecule has 1 amide bonds. The van der Waals surface area contributed by atoms with Gasteiger partial charge >= 0.3 is 0 Å². The fourth-order valence-electron chi connectivity index (χ4n) is 2.93. The summed E-state index contributed by atoms with van der Waals surface area (Å²) in [5.74, 6) is 0.134. The van der Waals surface area contributed by atoms with Crippen molar-refractivity contribution >= 4 is 56.3 Å². The number of fused-ring (bicyclic) bond motifs is 1. The van der Waals surface area contributed by atoms with Crippen LogP contribution in [-0.4, -0.2) is 17.0 Å². The summed E-state index contributed by atoms with van der Waals surface area (Å²) in [4.78, 5) is 17.4. The first-order valence-electron chi connectivity index (χ1n) is 9.30. The van der Waals surface area contributed by atoms with Crippen molar-refractivity contribution in [2.45, 2.75) is 20.0 Å². The maximum atomic E-state index is 12.7. The van der Waals surface area contributed by atoms with Crippen molar-refractivity contribution in [3.63, 3.8) is 0 Å². The van der Waals surface area contributed by atoms with Gasteiger partial charge in [0.15, 0.2) is 6.10 Å². The minimum Gasteiger partial charge on any atom is -0.479 e. The first kappa shape index (κ1) is 20.7. The Morgan fingerprint density at radius 2 is 1.90 bits per heavy atom. The van der Waals surface area contributed by atoms with Crippen molar-refractivity contribution in [2.24, 2.45) is 0 Å². The maximum absolute atomic E-state index is 12.7. The summed E-state index contributed by atoms with van der Waals surface area (Å²) in [7, 11) is 0. The molecule has 1 heterocycles. The molecule has 0 saturated heterocycles. The minimum atomic E-state index is -0.741. The number of hydrogen-bond acceptors (Lipinski definition) is 4. The molecule has 0 aliphatic heterocycles. The highest BCUT2D eigenvalue weighted by Gasteiger charge is 2.18. The van der Waals surface area contributed by atoms with Crippen LogP contribution >= 0.6 is 34.5 Å². The highest BCUT2D eigenvalue weighted by atomic mass is 35.5. The summed E-state index contributed by atoms with van der Waals surface area (Å²) in [6.07, 6.45) is -0.741. The third-order valence-corrected chi connectivity index (χ3v) is 6.22. The predicted octanol–water partition coefficient (Wildman–Crippen LogP) is 6.98. The zero-order chi connectivity index (χ0) is 21.3. The molecule has 0 spiro atoms. The predicted molar refractivity (Wildman–Crippen MR) is 125 cm³/mol. The number of amides is 1. The number of nitrogens with zero attached hydrogens (tertiary/aromatic N) is 1. The van der Waals surface area contributed by atoms with Gasteiger partial charge in [-0.05, 0) is 55.8 Å². The summed E-state index contributed by atoms with van der Waals surface area (Å²) in [5, 5.41) is 4.72. The number of ether oxygens (including phenoxy) is 1. The van der Waals surface area contributed by atoms with Gasteiger partial charge in [-0.25, -0.2) is 4.98 Å². The van der Waals surface area contributed by atoms with Gasteiger partial charge in [-0.15, -0.1) is 11.3 Å². The molecule has 0 aliphatic carbocycles. The van der Waals surface area contributed by atoms with E-state index in [-0.39, 0.29) is 5.91 Å². The molecule has 0 saturated carbocycles. The Labute approximate surface area is 188 Å². The Bertz CT molecular complexity index is 1210. The topological polar surface area (TPSA) is 51.2 Å². The zero-order valence-corrected chi connectivity index (χ0v) is 18.6. The van der Waals surface area contributed by atoms with E-state index < -0.39 is 6.10 Å². The molecule has 30 heavy (non-hydrogen) atoms. The lowest BCUT2D eigenvalue weighted by Crippen LogP contribution is -2.30. The second-order valence-corrected chi connectivity index (χ2v) is 8.71. The molecule has 152 valence electrons. The molecule has 3 aromatic carbocycles. The van der Waals surface area contributed by atoms with Gasteiger partial charge in [-0.1, -0.05) is 47.5 Å². The zero-order valence-electron chi connectivity index (χ0n) is 16.3. The van der Waals surface area contributed by atoms with Crippen LogP contribution in [0.3, 0.4) is 0 Å². The van der Waals surface area contributed by atoms with Gasteiger partial charge in [0.05, 0.1) is 15.2 Å². The molecule has 4 aromatic rings. The van der Waals surface area contributed by atoms with Crippen molar-refractivity contribution < 1.29 is 9.53 Å². The Kier molecular flexibility index (Phi) is 5.95. The van der Waals surface area contributed by atoms with Gasteiger partial charge in [-0.3, -0.25) is 4.79 Å². The maximum Gasteiger partial charge on any atom is 0.265 e. The summed E-state index contributed by atoms with van der Waals surface area (Å²) >= 11 is 13.7. The van der Waals surface area contributed by atoms with E-state index >= 15 is 0 Å². The van der Waals surface area contributed by atoms with Crippen LogP contribution in [0, 0.1) is 6.92 Å². The quantitative estimate of drug-likeness (QED) is 0.352. The minimum absolute atomic E-state index is 0.273. The van der Waals surface area contributed by atoms with Crippen LogP contribution in [0.1, 0.15) is 12.5 Å². The van der Waals surface area contributed by atoms with Gasteiger partial charge in [0.25, 0.3) is 5.91 Å². The molecule has 4 nitrogen and oxygen atoms in total. The molecule has 1 unspecified atom stereocenters. The number of aryl methyl sites for hydroxylation is 1. The van der Waals surface area contributed by atoms with Gasteiger partial charge in [0.1, 0.15) is 10.8 Å². The summed E-state index contributed by atoms with van der Waals surface area (Å²) in [5.41, 5.74) is 3.58. The molecular weight excluding hydrogens is 439 g/mol. The van der Waals surface area contributed by atoms with Crippen LogP contribution in [0.25, 0.3) is 20.8 Å². The Balaban J connectivity index is 1.53. The number of carbonyl (C=O) groups is 1. The van der Waals surface area contributed by atoms with E-state index in [0.717, 1.165) is 32.0 Å². The molecule has 0 aliphatic rings. The normalized spacial score (nSPS) is 12.0. The van der Waals surface area contributed by atoms with E-state index in [1.54, 1.807) is 36.5 Å². The molecule has 1 aromatic heterocycles. The smallest absolute Gasteiger partial charge is 0.265 e. The van der Waals surface area contributed by atoms with E-state index in [1.807, 2.05) is 49.4 Å². The Morgan fingerprint density at radius 1 is 1.10 bits per heavy atom. The molecule has 0 radical (unpaired) electrons. The van der Waals surface area contributed by atoms with Gasteiger partial charge in [-0.2, -0.15) is 0 Å². The van der Waals surface area contributed by atoms with Crippen molar-refractivity contribution in [3.05, 3.63) is 76.3 Å². The van der Waals surface area contributed by atoms with Crippen LogP contribution < -0.4 is 10.1 Å². The average Bonchev–Trinajstić information content (AvgIpc) is 3.16. The third kappa shape index (κ3) is 4.43. The first-order valence-corrected chi connectivity index (χ1v) is 10.9. The SMILES string of the molecule is Cc1ccc(-c2nc3ccccc3s2)cc1NC(=O)C(C)Oc1ccc(Cl)cc1Cl. The number of benzene rings is 3. The number of thiazole rings is 1. The van der Waals surface area contributed by atoms with Crippen molar-refractivity contribution in [3.8, 4) is 16.3 Å². The largest absolute Gasteiger partial charge is 0.479 e. The van der Waals surface area contributed by atoms with E-state index in [4.69, 9.17) is 32.9 Å². The highest BCUT2D eigenvalue weighted by molar-refractivity contribution is 7.21. The van der Waals surface area contributed by atoms with Crippen LogP contribution in [0.15, 0.2) is 60.7 Å². The van der Waals surface area contributed by atoms with Crippen LogP contribution in [0.4, 0.5) is 5.69 Å². The molecule has 1 atom stereocenters. The third-order valence-electron chi connectivity index (χ3n) is 4.60. The second kappa shape index (κ2) is 8.64. The monoisotopic (exact) mass is 456 g/mol. The lowest BCUT2D eigenvalue weighted by atomic mass is 10.1. The van der Waals surface area contributed by atoms with E-state index in [2.05, 4.69) is 5.32 Å². The van der Waals surface area contributed by atoms with Crippen molar-refractivity contribution in [2.75, 3.05) is 5.32 Å². The average molecular weight is 457 g/mol. The number of para-hydroxylation sites is 1. The van der Waals surface area contributed by atoms with Gasteiger partial charge < -0.3 is 10.1 Å². The number of rotatable bonds is 5. The summed E-state index contributed by atoms with van der Waals surface area (Å²) in [6.45, 7) is 3.62. The first-order chi connectivity index (χ1) is 14.4. The van der Waals surface area contributed by atoms with Gasteiger partial charge in [0, 0.05) is 16.3 Å². The lowest BCUT2D eigenvalue weighted by Gasteiger charge is -2.17. The fraction of sp³-hybridized carbons (Fsp3) is 0.130. The Morgan fingerprint density at radius 3 is 2.67 bits per heavy atom. The number of anilines is 1. The van der Waals surface area contributed by atoms with Crippen LogP contribution in [0.2, 0.25) is 10.0 Å². The van der Waals surface area contributed by atoms with Gasteiger partial charge in [0.2, 0.25) is 0 Å². The lowest BCUT2D eigenvalue weighted by molar-refractivity contribution is -0.122. The van der Waals surface area contributed by atoms with Crippen molar-refractivity contribution in [1.82, 2.24) is 4.98 Å². The fourth-order valence-corrected chi connectivity index (χ4v) is 4.35. The summed E-state index contributed by atoms with van der Waals surface area (Å²) in [6, 6.07) is 18.8. The molecule has 0 bridgehead atoms. The molecule has 4 rings (SSSR count). The molecular formula is C23H18Cl2N2O2S. The second-order valence-electron chi connectivity index (χ2n) is 6.84. The number of aromatic nitrogens is 1.